The van der Waals surface area contributed by atoms with Crippen molar-refractivity contribution in [1.29, 1.82) is 0 Å². The maximum Gasteiger partial charge on any atom is 0.254 e. The first kappa shape index (κ1) is 16.7. The smallest absolute Gasteiger partial charge is 0.254 e. The van der Waals surface area contributed by atoms with Crippen LogP contribution in [0.15, 0.2) is 41.8 Å². The molecule has 2 rings (SSSR count). The van der Waals surface area contributed by atoms with Gasteiger partial charge in [-0.05, 0) is 25.1 Å². The van der Waals surface area contributed by atoms with E-state index < -0.39 is 10.0 Å². The lowest BCUT2D eigenvalue weighted by Gasteiger charge is -2.34. The predicted molar refractivity (Wildman–Crippen MR) is 85.2 cm³/mol. The molecule has 1 heterocycles. The van der Waals surface area contributed by atoms with Gasteiger partial charge in [0.25, 0.3) is 5.91 Å². The lowest BCUT2D eigenvalue weighted by molar-refractivity contribution is 0.0655. The standard InChI is InChI=1S/C15H21N3O3S/c1-3-7-17-22(20,21)14-6-4-5-13(10-14)15(19)18-9-8-16-11-12(18)2/h3-6,10,12,16-17H,1,7-9,11H2,2H3/t12-/m1/s1. The fourth-order valence-electron chi connectivity index (χ4n) is 2.36. The fraction of sp³-hybridized carbons (Fsp3) is 0.400. The van der Waals surface area contributed by atoms with E-state index in [2.05, 4.69) is 16.6 Å². The number of carbonyl (C=O) groups excluding carboxylic acids is 1. The summed E-state index contributed by atoms with van der Waals surface area (Å²) in [4.78, 5) is 14.4. The zero-order chi connectivity index (χ0) is 16.2. The molecule has 2 N–H and O–H groups in total. The Morgan fingerprint density at radius 3 is 3.00 bits per heavy atom. The van der Waals surface area contributed by atoms with Gasteiger partial charge in [-0.1, -0.05) is 12.1 Å². The van der Waals surface area contributed by atoms with Gasteiger partial charge in [0.1, 0.15) is 0 Å². The summed E-state index contributed by atoms with van der Waals surface area (Å²) < 4.78 is 26.6. The molecule has 0 spiro atoms. The van der Waals surface area contributed by atoms with Crippen LogP contribution in [0, 0.1) is 0 Å². The van der Waals surface area contributed by atoms with Crippen molar-refractivity contribution >= 4 is 15.9 Å². The van der Waals surface area contributed by atoms with Crippen LogP contribution in [0.5, 0.6) is 0 Å². The molecule has 1 fully saturated rings. The number of nitrogens with one attached hydrogen (secondary N) is 2. The molecule has 0 saturated carbocycles. The van der Waals surface area contributed by atoms with Crippen molar-refractivity contribution in [2.24, 2.45) is 0 Å². The van der Waals surface area contributed by atoms with Crippen LogP contribution in [-0.4, -0.2) is 51.4 Å². The highest BCUT2D eigenvalue weighted by Crippen LogP contribution is 2.15. The van der Waals surface area contributed by atoms with Gasteiger partial charge in [-0.25, -0.2) is 13.1 Å². The van der Waals surface area contributed by atoms with Crippen LogP contribution < -0.4 is 10.0 Å². The SMILES string of the molecule is C=CCNS(=O)(=O)c1cccc(C(=O)N2CCNC[C@H]2C)c1. The molecule has 0 radical (unpaired) electrons. The fourth-order valence-corrected chi connectivity index (χ4v) is 3.40. The summed E-state index contributed by atoms with van der Waals surface area (Å²) >= 11 is 0. The molecule has 1 aliphatic rings. The molecular formula is C15H21N3O3S. The molecule has 1 aromatic carbocycles. The molecule has 0 unspecified atom stereocenters. The van der Waals surface area contributed by atoms with Gasteiger partial charge >= 0.3 is 0 Å². The molecule has 1 aromatic rings. The normalized spacial score (nSPS) is 19.0. The van der Waals surface area contributed by atoms with Crippen molar-refractivity contribution in [1.82, 2.24) is 14.9 Å². The summed E-state index contributed by atoms with van der Waals surface area (Å²) in [6, 6.07) is 6.21. The van der Waals surface area contributed by atoms with Crippen LogP contribution in [0.25, 0.3) is 0 Å². The maximum atomic E-state index is 12.6. The molecule has 6 nitrogen and oxygen atoms in total. The third-order valence-corrected chi connectivity index (χ3v) is 4.99. The Balaban J connectivity index is 2.24. The largest absolute Gasteiger partial charge is 0.333 e. The number of rotatable bonds is 5. The number of amides is 1. The summed E-state index contributed by atoms with van der Waals surface area (Å²) in [6.45, 7) is 7.70. The first-order valence-corrected chi connectivity index (χ1v) is 8.66. The van der Waals surface area contributed by atoms with E-state index in [0.717, 1.165) is 13.1 Å². The summed E-state index contributed by atoms with van der Waals surface area (Å²) in [6.07, 6.45) is 1.47. The Labute approximate surface area is 131 Å². The molecule has 0 aromatic heterocycles. The van der Waals surface area contributed by atoms with E-state index in [9.17, 15) is 13.2 Å². The lowest BCUT2D eigenvalue weighted by atomic mass is 10.1. The lowest BCUT2D eigenvalue weighted by Crippen LogP contribution is -2.52. The Kier molecular flexibility index (Phi) is 5.33. The van der Waals surface area contributed by atoms with Crippen LogP contribution >= 0.6 is 0 Å². The minimum absolute atomic E-state index is 0.0837. The third kappa shape index (κ3) is 3.73. The van der Waals surface area contributed by atoms with Crippen LogP contribution in [0.4, 0.5) is 0 Å². The molecule has 0 aliphatic carbocycles. The van der Waals surface area contributed by atoms with Gasteiger partial charge < -0.3 is 10.2 Å². The summed E-state index contributed by atoms with van der Waals surface area (Å²) in [5.41, 5.74) is 0.384. The molecule has 1 aliphatic heterocycles. The van der Waals surface area contributed by atoms with E-state index in [1.54, 1.807) is 17.0 Å². The van der Waals surface area contributed by atoms with E-state index in [1.165, 1.54) is 18.2 Å². The van der Waals surface area contributed by atoms with Gasteiger partial charge in [-0.15, -0.1) is 6.58 Å². The second kappa shape index (κ2) is 7.04. The van der Waals surface area contributed by atoms with E-state index in [0.29, 0.717) is 12.1 Å². The second-order valence-electron chi connectivity index (χ2n) is 5.22. The summed E-state index contributed by atoms with van der Waals surface area (Å²) in [7, 11) is -3.63. The Hall–Kier alpha value is -1.70. The van der Waals surface area contributed by atoms with Crippen molar-refractivity contribution in [3.63, 3.8) is 0 Å². The minimum atomic E-state index is -3.63. The number of sulfonamides is 1. The van der Waals surface area contributed by atoms with Gasteiger partial charge in [0.15, 0.2) is 0 Å². The molecule has 1 atom stereocenters. The summed E-state index contributed by atoms with van der Waals surface area (Å²) in [5, 5.41) is 3.22. The topological polar surface area (TPSA) is 78.5 Å². The molecule has 0 bridgehead atoms. The molecule has 1 saturated heterocycles. The average Bonchev–Trinajstić information content (AvgIpc) is 2.53. The van der Waals surface area contributed by atoms with Gasteiger partial charge in [0.05, 0.1) is 4.90 Å². The number of hydrogen-bond donors (Lipinski definition) is 2. The number of piperazine rings is 1. The number of carbonyl (C=O) groups is 1. The Morgan fingerprint density at radius 1 is 1.55 bits per heavy atom. The zero-order valence-corrected chi connectivity index (χ0v) is 13.4. The molecular weight excluding hydrogens is 302 g/mol. The summed E-state index contributed by atoms with van der Waals surface area (Å²) in [5.74, 6) is -0.144. The highest BCUT2D eigenvalue weighted by atomic mass is 32.2. The van der Waals surface area contributed by atoms with Crippen LogP contribution in [-0.2, 0) is 10.0 Å². The van der Waals surface area contributed by atoms with Crippen molar-refractivity contribution in [2.45, 2.75) is 17.9 Å². The highest BCUT2D eigenvalue weighted by Gasteiger charge is 2.25. The van der Waals surface area contributed by atoms with Crippen LogP contribution in [0.2, 0.25) is 0 Å². The number of benzene rings is 1. The zero-order valence-electron chi connectivity index (χ0n) is 12.6. The number of hydrogen-bond acceptors (Lipinski definition) is 4. The van der Waals surface area contributed by atoms with Gasteiger partial charge in [-0.3, -0.25) is 4.79 Å². The maximum absolute atomic E-state index is 12.6. The van der Waals surface area contributed by atoms with Crippen molar-refractivity contribution in [3.05, 3.63) is 42.5 Å². The monoisotopic (exact) mass is 323 g/mol. The van der Waals surface area contributed by atoms with E-state index in [-0.39, 0.29) is 23.4 Å². The number of nitrogens with zero attached hydrogens (tertiary/aromatic N) is 1. The Bertz CT molecular complexity index is 658. The molecule has 22 heavy (non-hydrogen) atoms. The van der Waals surface area contributed by atoms with E-state index >= 15 is 0 Å². The quantitative estimate of drug-likeness (QED) is 0.777. The van der Waals surface area contributed by atoms with Gasteiger partial charge in [0.2, 0.25) is 10.0 Å². The average molecular weight is 323 g/mol. The molecule has 120 valence electrons. The third-order valence-electron chi connectivity index (χ3n) is 3.57. The first-order valence-electron chi connectivity index (χ1n) is 7.18. The van der Waals surface area contributed by atoms with Crippen LogP contribution in [0.1, 0.15) is 17.3 Å². The Morgan fingerprint density at radius 2 is 2.32 bits per heavy atom. The molecule has 1 amide bonds. The van der Waals surface area contributed by atoms with E-state index in [1.807, 2.05) is 6.92 Å². The highest BCUT2D eigenvalue weighted by molar-refractivity contribution is 7.89. The second-order valence-corrected chi connectivity index (χ2v) is 6.99. The van der Waals surface area contributed by atoms with Crippen molar-refractivity contribution in [3.8, 4) is 0 Å². The van der Waals surface area contributed by atoms with E-state index in [4.69, 9.17) is 0 Å². The minimum Gasteiger partial charge on any atom is -0.333 e. The molecule has 7 heteroatoms. The van der Waals surface area contributed by atoms with Gasteiger partial charge in [0, 0.05) is 37.8 Å². The predicted octanol–water partition coefficient (Wildman–Crippen LogP) is 0.585. The van der Waals surface area contributed by atoms with Gasteiger partial charge in [-0.2, -0.15) is 0 Å². The van der Waals surface area contributed by atoms with Crippen LogP contribution in [0.3, 0.4) is 0 Å². The van der Waals surface area contributed by atoms with Crippen molar-refractivity contribution in [2.75, 3.05) is 26.2 Å². The van der Waals surface area contributed by atoms with Crippen molar-refractivity contribution < 1.29 is 13.2 Å². The first-order chi connectivity index (χ1) is 10.5.